The molecule has 0 spiro atoms. The van der Waals surface area contributed by atoms with Crippen molar-refractivity contribution in [2.75, 3.05) is 26.3 Å². The van der Waals surface area contributed by atoms with Crippen molar-refractivity contribution in [1.29, 1.82) is 0 Å². The SMILES string of the molecule is CCOCCCN(CC(C)C(=O)O)C(=O)c1cc(-c2ccc(Cl)cc2)on1. The van der Waals surface area contributed by atoms with Crippen molar-refractivity contribution in [3.63, 3.8) is 0 Å². The minimum atomic E-state index is -0.959. The lowest BCUT2D eigenvalue weighted by molar-refractivity contribution is -0.141. The van der Waals surface area contributed by atoms with Crippen molar-refractivity contribution in [2.24, 2.45) is 5.92 Å². The first-order chi connectivity index (χ1) is 12.9. The monoisotopic (exact) mass is 394 g/mol. The highest BCUT2D eigenvalue weighted by Crippen LogP contribution is 2.23. The highest BCUT2D eigenvalue weighted by atomic mass is 35.5. The van der Waals surface area contributed by atoms with Gasteiger partial charge in [-0.1, -0.05) is 23.7 Å². The van der Waals surface area contributed by atoms with Gasteiger partial charge in [0, 0.05) is 43.0 Å². The van der Waals surface area contributed by atoms with E-state index in [4.69, 9.17) is 26.0 Å². The Balaban J connectivity index is 2.13. The molecule has 1 amide bonds. The van der Waals surface area contributed by atoms with Gasteiger partial charge in [-0.15, -0.1) is 0 Å². The fourth-order valence-corrected chi connectivity index (χ4v) is 2.60. The van der Waals surface area contributed by atoms with Gasteiger partial charge in [0.2, 0.25) is 0 Å². The van der Waals surface area contributed by atoms with Crippen LogP contribution in [-0.4, -0.2) is 53.3 Å². The quantitative estimate of drug-likeness (QED) is 0.619. The van der Waals surface area contributed by atoms with Crippen LogP contribution in [0.25, 0.3) is 11.3 Å². The number of carboxylic acids is 1. The predicted molar refractivity (Wildman–Crippen MR) is 101 cm³/mol. The van der Waals surface area contributed by atoms with Crippen molar-refractivity contribution < 1.29 is 24.0 Å². The van der Waals surface area contributed by atoms with Gasteiger partial charge in [0.25, 0.3) is 5.91 Å². The van der Waals surface area contributed by atoms with Gasteiger partial charge in [-0.05, 0) is 37.6 Å². The molecule has 1 heterocycles. The van der Waals surface area contributed by atoms with Crippen molar-refractivity contribution in [1.82, 2.24) is 10.1 Å². The first-order valence-corrected chi connectivity index (χ1v) is 9.12. The number of aromatic nitrogens is 1. The minimum Gasteiger partial charge on any atom is -0.481 e. The summed E-state index contributed by atoms with van der Waals surface area (Å²) in [5, 5.41) is 13.6. The second kappa shape index (κ2) is 10.1. The summed E-state index contributed by atoms with van der Waals surface area (Å²) >= 11 is 5.88. The summed E-state index contributed by atoms with van der Waals surface area (Å²) in [4.78, 5) is 25.5. The highest BCUT2D eigenvalue weighted by Gasteiger charge is 2.24. The molecule has 27 heavy (non-hydrogen) atoms. The second-order valence-electron chi connectivity index (χ2n) is 6.12. The molecule has 0 saturated heterocycles. The van der Waals surface area contributed by atoms with Crippen LogP contribution >= 0.6 is 11.6 Å². The summed E-state index contributed by atoms with van der Waals surface area (Å²) in [5.41, 5.74) is 0.877. The van der Waals surface area contributed by atoms with Crippen LogP contribution in [0.2, 0.25) is 5.02 Å². The van der Waals surface area contributed by atoms with Crippen molar-refractivity contribution in [3.05, 3.63) is 41.0 Å². The smallest absolute Gasteiger partial charge is 0.308 e. The maximum absolute atomic E-state index is 12.8. The van der Waals surface area contributed by atoms with Crippen LogP contribution in [0.1, 0.15) is 30.8 Å². The van der Waals surface area contributed by atoms with Crippen LogP contribution in [0.3, 0.4) is 0 Å². The molecule has 1 N–H and O–H groups in total. The average Bonchev–Trinajstić information content (AvgIpc) is 3.14. The van der Waals surface area contributed by atoms with Crippen molar-refractivity contribution in [3.8, 4) is 11.3 Å². The van der Waals surface area contributed by atoms with E-state index in [9.17, 15) is 9.59 Å². The van der Waals surface area contributed by atoms with Crippen LogP contribution in [0.4, 0.5) is 0 Å². The molecule has 7 nitrogen and oxygen atoms in total. The summed E-state index contributed by atoms with van der Waals surface area (Å²) in [7, 11) is 0. The fraction of sp³-hybridized carbons (Fsp3) is 0.421. The number of halogens is 1. The Bertz CT molecular complexity index is 760. The Morgan fingerprint density at radius 2 is 2.04 bits per heavy atom. The zero-order chi connectivity index (χ0) is 19.8. The minimum absolute atomic E-state index is 0.0867. The molecule has 0 aliphatic heterocycles. The summed E-state index contributed by atoms with van der Waals surface area (Å²) in [6, 6.07) is 8.52. The molecule has 1 unspecified atom stereocenters. The second-order valence-corrected chi connectivity index (χ2v) is 6.56. The molecule has 1 aromatic heterocycles. The Labute approximate surface area is 162 Å². The summed E-state index contributed by atoms with van der Waals surface area (Å²) < 4.78 is 10.6. The number of hydrogen-bond acceptors (Lipinski definition) is 5. The number of ether oxygens (including phenoxy) is 1. The number of carbonyl (C=O) groups is 2. The molecular formula is C19H23ClN2O5. The molecule has 1 atom stereocenters. The van der Waals surface area contributed by atoms with Gasteiger partial charge in [0.15, 0.2) is 11.5 Å². The Kier molecular flexibility index (Phi) is 7.82. The third-order valence-corrected chi connectivity index (χ3v) is 4.23. The van der Waals surface area contributed by atoms with Gasteiger partial charge in [0.05, 0.1) is 5.92 Å². The third-order valence-electron chi connectivity index (χ3n) is 3.98. The average molecular weight is 395 g/mol. The van der Waals surface area contributed by atoms with Gasteiger partial charge in [-0.25, -0.2) is 0 Å². The van der Waals surface area contributed by atoms with E-state index >= 15 is 0 Å². The Morgan fingerprint density at radius 1 is 1.33 bits per heavy atom. The summed E-state index contributed by atoms with van der Waals surface area (Å²) in [6.07, 6.45) is 0.605. The number of nitrogens with zero attached hydrogens (tertiary/aromatic N) is 2. The van der Waals surface area contributed by atoms with Crippen LogP contribution in [-0.2, 0) is 9.53 Å². The van der Waals surface area contributed by atoms with E-state index in [1.165, 1.54) is 4.90 Å². The van der Waals surface area contributed by atoms with Crippen LogP contribution in [0.15, 0.2) is 34.9 Å². The first-order valence-electron chi connectivity index (χ1n) is 8.74. The number of carbonyl (C=O) groups excluding carboxylic acids is 1. The van der Waals surface area contributed by atoms with Gasteiger partial charge in [-0.2, -0.15) is 0 Å². The number of aliphatic carboxylic acids is 1. The van der Waals surface area contributed by atoms with Gasteiger partial charge in [0.1, 0.15) is 0 Å². The molecule has 0 bridgehead atoms. The van der Waals surface area contributed by atoms with E-state index in [1.54, 1.807) is 37.3 Å². The first kappa shape index (κ1) is 20.9. The van der Waals surface area contributed by atoms with E-state index in [0.717, 1.165) is 5.56 Å². The lowest BCUT2D eigenvalue weighted by atomic mass is 10.1. The normalized spacial score (nSPS) is 12.0. The van der Waals surface area contributed by atoms with E-state index in [-0.39, 0.29) is 18.1 Å². The highest BCUT2D eigenvalue weighted by molar-refractivity contribution is 6.30. The number of hydrogen-bond donors (Lipinski definition) is 1. The van der Waals surface area contributed by atoms with E-state index in [1.807, 2.05) is 6.92 Å². The molecule has 8 heteroatoms. The number of amides is 1. The molecule has 2 aromatic rings. The lowest BCUT2D eigenvalue weighted by Gasteiger charge is -2.23. The van der Waals surface area contributed by atoms with Gasteiger partial charge < -0.3 is 19.3 Å². The summed E-state index contributed by atoms with van der Waals surface area (Å²) in [5.74, 6) is -1.58. The van der Waals surface area contributed by atoms with Crippen molar-refractivity contribution in [2.45, 2.75) is 20.3 Å². The molecule has 0 fully saturated rings. The molecule has 146 valence electrons. The van der Waals surface area contributed by atoms with E-state index in [2.05, 4.69) is 5.16 Å². The topological polar surface area (TPSA) is 92.9 Å². The van der Waals surface area contributed by atoms with Crippen LogP contribution in [0.5, 0.6) is 0 Å². The third kappa shape index (κ3) is 6.08. The maximum Gasteiger partial charge on any atom is 0.308 e. The number of benzene rings is 1. The van der Waals surface area contributed by atoms with Crippen LogP contribution in [0, 0.1) is 5.92 Å². The van der Waals surface area contributed by atoms with Gasteiger partial charge in [-0.3, -0.25) is 9.59 Å². The zero-order valence-electron chi connectivity index (χ0n) is 15.4. The van der Waals surface area contributed by atoms with Crippen molar-refractivity contribution >= 4 is 23.5 Å². The molecule has 0 saturated carbocycles. The molecule has 0 radical (unpaired) electrons. The summed E-state index contributed by atoms with van der Waals surface area (Å²) in [6.45, 7) is 5.00. The predicted octanol–water partition coefficient (Wildman–Crippen LogP) is 3.58. The lowest BCUT2D eigenvalue weighted by Crippen LogP contribution is -2.38. The van der Waals surface area contributed by atoms with E-state index < -0.39 is 11.9 Å². The molecular weight excluding hydrogens is 372 g/mol. The Morgan fingerprint density at radius 3 is 2.67 bits per heavy atom. The number of carboxylic acid groups (broad SMARTS) is 1. The maximum atomic E-state index is 12.8. The van der Waals surface area contributed by atoms with Crippen LogP contribution < -0.4 is 0 Å². The zero-order valence-corrected chi connectivity index (χ0v) is 16.1. The fourth-order valence-electron chi connectivity index (χ4n) is 2.47. The molecule has 0 aliphatic carbocycles. The van der Waals surface area contributed by atoms with E-state index in [0.29, 0.717) is 37.0 Å². The number of rotatable bonds is 10. The molecule has 0 aliphatic rings. The molecule has 2 rings (SSSR count). The largest absolute Gasteiger partial charge is 0.481 e. The standard InChI is InChI=1S/C19H23ClN2O5/c1-3-26-10-4-9-22(12-13(2)19(24)25)18(23)16-11-17(27-21-16)14-5-7-15(20)8-6-14/h5-8,11,13H,3-4,9-10,12H2,1-2H3,(H,24,25). The molecule has 1 aromatic carbocycles. The Hall–Kier alpha value is -2.38. The van der Waals surface area contributed by atoms with Gasteiger partial charge >= 0.3 is 5.97 Å².